The van der Waals surface area contributed by atoms with Crippen LogP contribution in [0.2, 0.25) is 5.02 Å². The molecule has 0 aliphatic carbocycles. The molecule has 0 amide bonds. The molecule has 1 aromatic carbocycles. The van der Waals surface area contributed by atoms with Crippen LogP contribution in [0.25, 0.3) is 0 Å². The van der Waals surface area contributed by atoms with E-state index in [0.29, 0.717) is 42.7 Å². The minimum atomic E-state index is -0.784. The number of fused-ring (bicyclic) bond motifs is 1. The normalized spacial score (nSPS) is 25.3. The molecule has 1 fully saturated rings. The van der Waals surface area contributed by atoms with Gasteiger partial charge in [0.05, 0.1) is 5.92 Å². The van der Waals surface area contributed by atoms with Gasteiger partial charge in [0.1, 0.15) is 13.2 Å². The van der Waals surface area contributed by atoms with Gasteiger partial charge in [-0.05, 0) is 18.6 Å². The van der Waals surface area contributed by atoms with Gasteiger partial charge in [0.15, 0.2) is 11.5 Å². The molecule has 3 rings (SSSR count). The Hall–Kier alpha value is -1.46. The summed E-state index contributed by atoms with van der Waals surface area (Å²) >= 11 is 6.25. The van der Waals surface area contributed by atoms with E-state index in [1.54, 1.807) is 12.1 Å². The molecule has 1 aromatic rings. The quantitative estimate of drug-likeness (QED) is 0.867. The van der Waals surface area contributed by atoms with Crippen molar-refractivity contribution in [3.8, 4) is 11.5 Å². The fourth-order valence-corrected chi connectivity index (χ4v) is 2.86. The van der Waals surface area contributed by atoms with Crippen LogP contribution < -0.4 is 14.8 Å². The second kappa shape index (κ2) is 4.90. The zero-order valence-electron chi connectivity index (χ0n) is 10.2. The number of carboxylic acid groups (broad SMARTS) is 1. The first-order valence-corrected chi connectivity index (χ1v) is 6.59. The summed E-state index contributed by atoms with van der Waals surface area (Å²) in [6.07, 6.45) is 0.509. The number of hydrogen-bond acceptors (Lipinski definition) is 4. The summed E-state index contributed by atoms with van der Waals surface area (Å²) in [5.41, 5.74) is 0.808. The number of nitrogens with one attached hydrogen (secondary N) is 1. The Bertz CT molecular complexity index is 520. The Morgan fingerprint density at radius 2 is 2.16 bits per heavy atom. The van der Waals surface area contributed by atoms with Crippen LogP contribution >= 0.6 is 11.6 Å². The first-order chi connectivity index (χ1) is 9.16. The first-order valence-electron chi connectivity index (χ1n) is 6.21. The van der Waals surface area contributed by atoms with Gasteiger partial charge >= 0.3 is 5.97 Å². The van der Waals surface area contributed by atoms with Crippen LogP contribution in [0.4, 0.5) is 0 Å². The van der Waals surface area contributed by atoms with Crippen LogP contribution in [0.1, 0.15) is 18.0 Å². The summed E-state index contributed by atoms with van der Waals surface area (Å²) in [5, 5.41) is 12.8. The van der Waals surface area contributed by atoms with Crippen molar-refractivity contribution in [2.45, 2.75) is 12.5 Å². The molecule has 0 bridgehead atoms. The first kappa shape index (κ1) is 12.6. The van der Waals surface area contributed by atoms with Crippen molar-refractivity contribution in [2.75, 3.05) is 19.8 Å². The van der Waals surface area contributed by atoms with E-state index in [2.05, 4.69) is 5.32 Å². The third kappa shape index (κ3) is 2.24. The number of carbonyl (C=O) groups is 1. The average molecular weight is 284 g/mol. The third-order valence-electron chi connectivity index (χ3n) is 3.52. The lowest BCUT2D eigenvalue weighted by Crippen LogP contribution is -2.20. The van der Waals surface area contributed by atoms with E-state index in [4.69, 9.17) is 26.2 Å². The number of hydrogen-bond donors (Lipinski definition) is 2. The topological polar surface area (TPSA) is 67.8 Å². The highest BCUT2D eigenvalue weighted by Gasteiger charge is 2.34. The van der Waals surface area contributed by atoms with Gasteiger partial charge in [-0.25, -0.2) is 0 Å². The monoisotopic (exact) mass is 283 g/mol. The molecule has 0 radical (unpaired) electrons. The smallest absolute Gasteiger partial charge is 0.307 e. The number of ether oxygens (including phenoxy) is 2. The molecule has 102 valence electrons. The van der Waals surface area contributed by atoms with Gasteiger partial charge < -0.3 is 19.9 Å². The second-order valence-corrected chi connectivity index (χ2v) is 5.12. The molecule has 2 unspecified atom stereocenters. The Balaban J connectivity index is 1.94. The van der Waals surface area contributed by atoms with Crippen molar-refractivity contribution >= 4 is 17.6 Å². The maximum atomic E-state index is 11.0. The second-order valence-electron chi connectivity index (χ2n) is 4.72. The average Bonchev–Trinajstić information content (AvgIpc) is 2.88. The SMILES string of the molecule is O=C(O)C1CNC(c2c(Cl)ccc3c2OCCO3)C1. The fourth-order valence-electron chi connectivity index (χ4n) is 2.58. The minimum absolute atomic E-state index is 0.106. The summed E-state index contributed by atoms with van der Waals surface area (Å²) in [6.45, 7) is 1.44. The van der Waals surface area contributed by atoms with Crippen molar-refractivity contribution in [1.29, 1.82) is 0 Å². The lowest BCUT2D eigenvalue weighted by Gasteiger charge is -2.24. The molecule has 19 heavy (non-hydrogen) atoms. The van der Waals surface area contributed by atoms with Crippen LogP contribution in [0, 0.1) is 5.92 Å². The molecule has 0 aromatic heterocycles. The Morgan fingerprint density at radius 3 is 2.89 bits per heavy atom. The summed E-state index contributed by atoms with van der Waals surface area (Å²) in [7, 11) is 0. The Morgan fingerprint density at radius 1 is 1.37 bits per heavy atom. The summed E-state index contributed by atoms with van der Waals surface area (Å²) < 4.78 is 11.2. The van der Waals surface area contributed by atoms with Gasteiger partial charge in [0.25, 0.3) is 0 Å². The molecule has 2 aliphatic heterocycles. The van der Waals surface area contributed by atoms with E-state index < -0.39 is 5.97 Å². The predicted octanol–water partition coefficient (Wildman–Crippen LogP) is 1.85. The zero-order chi connectivity index (χ0) is 13.4. The molecule has 6 heteroatoms. The van der Waals surface area contributed by atoms with E-state index in [0.717, 1.165) is 5.56 Å². The van der Waals surface area contributed by atoms with Gasteiger partial charge in [0, 0.05) is 23.2 Å². The Labute approximate surface area is 115 Å². The van der Waals surface area contributed by atoms with Gasteiger partial charge in [0.2, 0.25) is 0 Å². The van der Waals surface area contributed by atoms with Crippen LogP contribution in [0.15, 0.2) is 12.1 Å². The van der Waals surface area contributed by atoms with Crippen molar-refractivity contribution in [3.63, 3.8) is 0 Å². The number of rotatable bonds is 2. The summed E-state index contributed by atoms with van der Waals surface area (Å²) in [6, 6.07) is 3.44. The van der Waals surface area contributed by atoms with E-state index in [1.807, 2.05) is 0 Å². The lowest BCUT2D eigenvalue weighted by atomic mass is 9.98. The lowest BCUT2D eigenvalue weighted by molar-refractivity contribution is -0.141. The van der Waals surface area contributed by atoms with Crippen molar-refractivity contribution < 1.29 is 19.4 Å². The Kier molecular flexibility index (Phi) is 3.24. The molecular formula is C13H14ClNO4. The van der Waals surface area contributed by atoms with Crippen LogP contribution in [0.5, 0.6) is 11.5 Å². The van der Waals surface area contributed by atoms with Gasteiger partial charge in [-0.3, -0.25) is 4.79 Å². The van der Waals surface area contributed by atoms with Crippen LogP contribution in [-0.4, -0.2) is 30.8 Å². The zero-order valence-corrected chi connectivity index (χ0v) is 10.9. The van der Waals surface area contributed by atoms with Crippen LogP contribution in [-0.2, 0) is 4.79 Å². The number of carboxylic acids is 1. The van der Waals surface area contributed by atoms with Crippen molar-refractivity contribution in [2.24, 2.45) is 5.92 Å². The maximum Gasteiger partial charge on any atom is 0.307 e. The molecule has 1 saturated heterocycles. The van der Waals surface area contributed by atoms with Gasteiger partial charge in [-0.15, -0.1) is 0 Å². The van der Waals surface area contributed by atoms with E-state index in [1.165, 1.54) is 0 Å². The van der Waals surface area contributed by atoms with Gasteiger partial charge in [-0.2, -0.15) is 0 Å². The van der Waals surface area contributed by atoms with Crippen molar-refractivity contribution in [1.82, 2.24) is 5.32 Å². The number of aliphatic carboxylic acids is 1. The minimum Gasteiger partial charge on any atom is -0.486 e. The van der Waals surface area contributed by atoms with E-state index in [-0.39, 0.29) is 12.0 Å². The fraction of sp³-hybridized carbons (Fsp3) is 0.462. The standard InChI is InChI=1S/C13H14ClNO4/c14-8-1-2-10-12(19-4-3-18-10)11(8)9-5-7(6-15-9)13(16)17/h1-2,7,9,15H,3-6H2,(H,16,17). The maximum absolute atomic E-state index is 11.0. The molecule has 2 aliphatic rings. The highest BCUT2D eigenvalue weighted by Crippen LogP contribution is 2.44. The summed E-state index contributed by atoms with van der Waals surface area (Å²) in [5.74, 6) is 0.142. The van der Waals surface area contributed by atoms with E-state index in [9.17, 15) is 4.79 Å². The largest absolute Gasteiger partial charge is 0.486 e. The van der Waals surface area contributed by atoms with Gasteiger partial charge in [-0.1, -0.05) is 11.6 Å². The van der Waals surface area contributed by atoms with E-state index >= 15 is 0 Å². The summed E-state index contributed by atoms with van der Waals surface area (Å²) in [4.78, 5) is 11.0. The number of benzene rings is 1. The molecule has 5 nitrogen and oxygen atoms in total. The molecule has 2 atom stereocenters. The van der Waals surface area contributed by atoms with Crippen molar-refractivity contribution in [3.05, 3.63) is 22.7 Å². The molecule has 0 saturated carbocycles. The molecule has 2 heterocycles. The highest BCUT2D eigenvalue weighted by molar-refractivity contribution is 6.31. The molecule has 0 spiro atoms. The third-order valence-corrected chi connectivity index (χ3v) is 3.85. The number of halogens is 1. The molecular weight excluding hydrogens is 270 g/mol. The predicted molar refractivity (Wildman–Crippen MR) is 68.9 cm³/mol. The highest BCUT2D eigenvalue weighted by atomic mass is 35.5. The van der Waals surface area contributed by atoms with Crippen LogP contribution in [0.3, 0.4) is 0 Å². The molecule has 2 N–H and O–H groups in total.